The van der Waals surface area contributed by atoms with Gasteiger partial charge in [-0.3, -0.25) is 0 Å². The molecule has 0 saturated carbocycles. The minimum Gasteiger partial charge on any atom is -0.335 e. The summed E-state index contributed by atoms with van der Waals surface area (Å²) in [6.45, 7) is 0.401. The van der Waals surface area contributed by atoms with Crippen LogP contribution in [0.5, 0.6) is 0 Å². The smallest absolute Gasteiger partial charge is 0.121 e. The van der Waals surface area contributed by atoms with Crippen molar-refractivity contribution >= 4 is 38.9 Å². The highest BCUT2D eigenvalue weighted by atomic mass is 79.9. The van der Waals surface area contributed by atoms with Gasteiger partial charge in [0.2, 0.25) is 0 Å². The predicted octanol–water partition coefficient (Wildman–Crippen LogP) is 3.01. The zero-order valence-corrected chi connectivity index (χ0v) is 10.2. The van der Waals surface area contributed by atoms with E-state index in [1.165, 1.54) is 11.3 Å². The standard InChI is InChI=1S/C8H7BrClN3S/c9-8-7(12-6(3-11)13-8)4-1-2-5(10)14-4/h1-2H,3,11H2,(H,12,13). The quantitative estimate of drug-likeness (QED) is 0.894. The van der Waals surface area contributed by atoms with Crippen LogP contribution in [-0.2, 0) is 6.54 Å². The van der Waals surface area contributed by atoms with Crippen molar-refractivity contribution in [3.63, 3.8) is 0 Å². The van der Waals surface area contributed by atoms with E-state index in [1.54, 1.807) is 0 Å². The highest BCUT2D eigenvalue weighted by molar-refractivity contribution is 9.10. The molecule has 0 atom stereocenters. The van der Waals surface area contributed by atoms with Crippen LogP contribution in [0.4, 0.5) is 0 Å². The van der Waals surface area contributed by atoms with Crippen molar-refractivity contribution in [3.05, 3.63) is 26.9 Å². The first-order chi connectivity index (χ1) is 6.70. The summed E-state index contributed by atoms with van der Waals surface area (Å²) in [5, 5.41) is 0. The van der Waals surface area contributed by atoms with Crippen molar-refractivity contribution in [2.24, 2.45) is 5.73 Å². The number of nitrogens with two attached hydrogens (primary N) is 1. The average molecular weight is 293 g/mol. The zero-order chi connectivity index (χ0) is 10.1. The molecular formula is C8H7BrClN3S. The Hall–Kier alpha value is -0.360. The average Bonchev–Trinajstić information content (AvgIpc) is 2.71. The van der Waals surface area contributed by atoms with E-state index in [2.05, 4.69) is 25.9 Å². The Morgan fingerprint density at radius 2 is 2.36 bits per heavy atom. The van der Waals surface area contributed by atoms with E-state index in [1.807, 2.05) is 12.1 Å². The summed E-state index contributed by atoms with van der Waals surface area (Å²) in [5.41, 5.74) is 6.34. The number of aromatic amines is 1. The molecule has 0 spiro atoms. The van der Waals surface area contributed by atoms with Crippen LogP contribution in [0, 0.1) is 0 Å². The Balaban J connectivity index is 2.45. The number of nitrogens with zero attached hydrogens (tertiary/aromatic N) is 1. The van der Waals surface area contributed by atoms with Crippen LogP contribution >= 0.6 is 38.9 Å². The minimum atomic E-state index is 0.401. The molecule has 0 aromatic carbocycles. The van der Waals surface area contributed by atoms with Crippen LogP contribution in [0.25, 0.3) is 10.6 Å². The lowest BCUT2D eigenvalue weighted by Crippen LogP contribution is -1.97. The summed E-state index contributed by atoms with van der Waals surface area (Å²) in [5.74, 6) is 0.761. The molecule has 0 fully saturated rings. The summed E-state index contributed by atoms with van der Waals surface area (Å²) >= 11 is 10.7. The monoisotopic (exact) mass is 291 g/mol. The first-order valence-electron chi connectivity index (χ1n) is 3.91. The van der Waals surface area contributed by atoms with Crippen LogP contribution in [-0.4, -0.2) is 9.97 Å². The molecule has 3 nitrogen and oxygen atoms in total. The SMILES string of the molecule is NCc1nc(-c2ccc(Cl)s2)c(Br)[nH]1. The van der Waals surface area contributed by atoms with Crippen LogP contribution < -0.4 is 5.73 Å². The van der Waals surface area contributed by atoms with E-state index in [4.69, 9.17) is 17.3 Å². The van der Waals surface area contributed by atoms with E-state index in [-0.39, 0.29) is 0 Å². The van der Waals surface area contributed by atoms with Gasteiger partial charge in [-0.05, 0) is 28.1 Å². The molecule has 0 aliphatic rings. The number of aromatic nitrogens is 2. The predicted molar refractivity (Wildman–Crippen MR) is 62.5 cm³/mol. The van der Waals surface area contributed by atoms with Crippen molar-refractivity contribution in [1.82, 2.24) is 9.97 Å². The second kappa shape index (κ2) is 4.02. The Kier molecular flexibility index (Phi) is 2.92. The van der Waals surface area contributed by atoms with E-state index >= 15 is 0 Å². The summed E-state index contributed by atoms with van der Waals surface area (Å²) in [4.78, 5) is 8.41. The molecule has 0 saturated heterocycles. The van der Waals surface area contributed by atoms with Crippen LogP contribution in [0.2, 0.25) is 4.34 Å². The Bertz CT molecular complexity index is 451. The third-order valence-electron chi connectivity index (χ3n) is 1.71. The second-order valence-electron chi connectivity index (χ2n) is 2.65. The molecule has 0 radical (unpaired) electrons. The zero-order valence-electron chi connectivity index (χ0n) is 7.05. The molecule has 0 aliphatic heterocycles. The Labute approximate surface area is 98.4 Å². The van der Waals surface area contributed by atoms with Crippen molar-refractivity contribution in [3.8, 4) is 10.6 Å². The molecule has 14 heavy (non-hydrogen) atoms. The van der Waals surface area contributed by atoms with E-state index < -0.39 is 0 Å². The lowest BCUT2D eigenvalue weighted by molar-refractivity contribution is 0.948. The molecule has 74 valence electrons. The third-order valence-corrected chi connectivity index (χ3v) is 3.52. The van der Waals surface area contributed by atoms with E-state index in [0.717, 1.165) is 25.3 Å². The first-order valence-corrected chi connectivity index (χ1v) is 5.89. The molecule has 0 unspecified atom stereocenters. The van der Waals surface area contributed by atoms with Crippen LogP contribution in [0.15, 0.2) is 16.7 Å². The Morgan fingerprint density at radius 1 is 1.57 bits per heavy atom. The maximum absolute atomic E-state index is 5.84. The number of H-pyrrole nitrogens is 1. The first kappa shape index (κ1) is 10.2. The molecule has 0 amide bonds. The minimum absolute atomic E-state index is 0.401. The summed E-state index contributed by atoms with van der Waals surface area (Å²) in [6.07, 6.45) is 0. The summed E-state index contributed by atoms with van der Waals surface area (Å²) in [6, 6.07) is 3.79. The fourth-order valence-corrected chi connectivity index (χ4v) is 2.80. The molecule has 0 bridgehead atoms. The van der Waals surface area contributed by atoms with Gasteiger partial charge in [-0.15, -0.1) is 11.3 Å². The molecule has 2 heterocycles. The fraction of sp³-hybridized carbons (Fsp3) is 0.125. The number of hydrogen-bond donors (Lipinski definition) is 2. The van der Waals surface area contributed by atoms with E-state index in [9.17, 15) is 0 Å². The molecule has 2 rings (SSSR count). The van der Waals surface area contributed by atoms with Crippen molar-refractivity contribution in [2.45, 2.75) is 6.54 Å². The fourth-order valence-electron chi connectivity index (χ4n) is 1.10. The van der Waals surface area contributed by atoms with Gasteiger partial charge in [-0.2, -0.15) is 0 Å². The molecule has 2 aromatic rings. The number of nitrogens with one attached hydrogen (secondary N) is 1. The molecule has 0 aliphatic carbocycles. The van der Waals surface area contributed by atoms with Crippen molar-refractivity contribution in [1.29, 1.82) is 0 Å². The second-order valence-corrected chi connectivity index (χ2v) is 5.16. The number of hydrogen-bond acceptors (Lipinski definition) is 3. The molecule has 3 N–H and O–H groups in total. The summed E-state index contributed by atoms with van der Waals surface area (Å²) < 4.78 is 1.60. The van der Waals surface area contributed by atoms with Crippen molar-refractivity contribution in [2.75, 3.05) is 0 Å². The van der Waals surface area contributed by atoms with Gasteiger partial charge in [0.25, 0.3) is 0 Å². The third kappa shape index (κ3) is 1.86. The lowest BCUT2D eigenvalue weighted by Gasteiger charge is -1.89. The van der Waals surface area contributed by atoms with Crippen LogP contribution in [0.3, 0.4) is 0 Å². The van der Waals surface area contributed by atoms with Gasteiger partial charge in [-0.25, -0.2) is 4.98 Å². The van der Waals surface area contributed by atoms with Gasteiger partial charge in [-0.1, -0.05) is 11.6 Å². The van der Waals surface area contributed by atoms with Gasteiger partial charge in [0.15, 0.2) is 0 Å². The molecule has 2 aromatic heterocycles. The highest BCUT2D eigenvalue weighted by Gasteiger charge is 2.11. The maximum Gasteiger partial charge on any atom is 0.121 e. The molecular weight excluding hydrogens is 286 g/mol. The largest absolute Gasteiger partial charge is 0.335 e. The summed E-state index contributed by atoms with van der Waals surface area (Å²) in [7, 11) is 0. The van der Waals surface area contributed by atoms with Gasteiger partial charge in [0.1, 0.15) is 16.1 Å². The van der Waals surface area contributed by atoms with Crippen LogP contribution in [0.1, 0.15) is 5.82 Å². The Morgan fingerprint density at radius 3 is 2.86 bits per heavy atom. The van der Waals surface area contributed by atoms with Gasteiger partial charge >= 0.3 is 0 Å². The number of halogens is 2. The maximum atomic E-state index is 5.84. The number of thiophene rings is 1. The number of imidazole rings is 1. The lowest BCUT2D eigenvalue weighted by atomic mass is 10.4. The topological polar surface area (TPSA) is 54.7 Å². The van der Waals surface area contributed by atoms with Gasteiger partial charge in [0.05, 0.1) is 15.8 Å². The van der Waals surface area contributed by atoms with Gasteiger partial charge < -0.3 is 10.7 Å². The highest BCUT2D eigenvalue weighted by Crippen LogP contribution is 2.33. The van der Waals surface area contributed by atoms with E-state index in [0.29, 0.717) is 6.54 Å². The molecule has 6 heteroatoms. The normalized spacial score (nSPS) is 10.8. The van der Waals surface area contributed by atoms with Gasteiger partial charge in [0, 0.05) is 0 Å². The van der Waals surface area contributed by atoms with Crippen molar-refractivity contribution < 1.29 is 0 Å². The number of rotatable bonds is 2.